The minimum Gasteiger partial charge on any atom is -0.385 e. The van der Waals surface area contributed by atoms with Crippen LogP contribution in [0.3, 0.4) is 0 Å². The highest BCUT2D eigenvalue weighted by atomic mass is 32.1. The molecule has 0 aliphatic rings. The third-order valence-corrected chi connectivity index (χ3v) is 3.56. The fourth-order valence-corrected chi connectivity index (χ4v) is 2.54. The van der Waals surface area contributed by atoms with Gasteiger partial charge in [-0.2, -0.15) is 0 Å². The number of aromatic nitrogens is 1. The van der Waals surface area contributed by atoms with Gasteiger partial charge in [-0.25, -0.2) is 4.98 Å². The molecule has 0 atom stereocenters. The Balaban J connectivity index is 2.15. The summed E-state index contributed by atoms with van der Waals surface area (Å²) in [7, 11) is 0. The van der Waals surface area contributed by atoms with Gasteiger partial charge in [0.05, 0.1) is 16.5 Å². The van der Waals surface area contributed by atoms with Crippen molar-refractivity contribution in [3.8, 4) is 0 Å². The van der Waals surface area contributed by atoms with Crippen LogP contribution in [0.2, 0.25) is 0 Å². The number of thiazole rings is 1. The summed E-state index contributed by atoms with van der Waals surface area (Å²) in [6.07, 6.45) is 1.82. The van der Waals surface area contributed by atoms with E-state index in [0.717, 1.165) is 21.3 Å². The van der Waals surface area contributed by atoms with E-state index in [-0.39, 0.29) is 10.6 Å². The monoisotopic (exact) mass is 292 g/mol. The second-order valence-electron chi connectivity index (χ2n) is 4.26. The van der Waals surface area contributed by atoms with Crippen LogP contribution >= 0.6 is 11.3 Å². The van der Waals surface area contributed by atoms with Crippen LogP contribution in [0.5, 0.6) is 0 Å². The fourth-order valence-electron chi connectivity index (χ4n) is 1.80. The lowest BCUT2D eigenvalue weighted by atomic mass is 10.2. The maximum Gasteiger partial charge on any atom is 0.273 e. The molecule has 0 saturated carbocycles. The number of benzene rings is 1. The number of nitro benzene ring substituents is 1. The topological polar surface area (TPSA) is 80.1 Å². The molecule has 1 heterocycles. The highest BCUT2D eigenvalue weighted by Crippen LogP contribution is 2.25. The van der Waals surface area contributed by atoms with Crippen molar-refractivity contribution in [2.75, 3.05) is 17.2 Å². The molecule has 0 unspecified atom stereocenters. The van der Waals surface area contributed by atoms with E-state index in [1.54, 1.807) is 11.3 Å². The maximum absolute atomic E-state index is 10.9. The van der Waals surface area contributed by atoms with Gasteiger partial charge < -0.3 is 10.6 Å². The van der Waals surface area contributed by atoms with Gasteiger partial charge in [-0.15, -0.1) is 11.3 Å². The summed E-state index contributed by atoms with van der Waals surface area (Å²) in [4.78, 5) is 15.8. The Hall–Kier alpha value is -2.15. The lowest BCUT2D eigenvalue weighted by Crippen LogP contribution is -2.02. The minimum atomic E-state index is -0.386. The Morgan fingerprint density at radius 2 is 2.00 bits per heavy atom. The summed E-state index contributed by atoms with van der Waals surface area (Å²) in [5.41, 5.74) is 1.54. The first kappa shape index (κ1) is 14.3. The second-order valence-corrected chi connectivity index (χ2v) is 5.57. The van der Waals surface area contributed by atoms with Crippen LogP contribution in [0, 0.1) is 17.0 Å². The Labute approximate surface area is 121 Å². The van der Waals surface area contributed by atoms with Gasteiger partial charge in [0.1, 0.15) is 0 Å². The molecule has 0 aliphatic carbocycles. The predicted octanol–water partition coefficient (Wildman–Crippen LogP) is 3.40. The number of anilines is 2. The fraction of sp³-hybridized carbons (Fsp3) is 0.308. The van der Waals surface area contributed by atoms with Crippen LogP contribution in [-0.2, 0) is 6.54 Å². The smallest absolute Gasteiger partial charge is 0.273 e. The molecule has 106 valence electrons. The summed E-state index contributed by atoms with van der Waals surface area (Å²) < 4.78 is 0. The number of aryl methyl sites for hydroxylation is 1. The van der Waals surface area contributed by atoms with Crippen LogP contribution < -0.4 is 10.6 Å². The van der Waals surface area contributed by atoms with Crippen LogP contribution in [0.1, 0.15) is 16.8 Å². The summed E-state index contributed by atoms with van der Waals surface area (Å²) in [6, 6.07) is 4.94. The van der Waals surface area contributed by atoms with E-state index in [9.17, 15) is 10.1 Å². The van der Waals surface area contributed by atoms with Gasteiger partial charge in [-0.3, -0.25) is 10.1 Å². The van der Waals surface area contributed by atoms with Gasteiger partial charge in [0.25, 0.3) is 5.69 Å². The van der Waals surface area contributed by atoms with E-state index in [1.807, 2.05) is 26.1 Å². The number of nitrogens with zero attached hydrogens (tertiary/aromatic N) is 2. The van der Waals surface area contributed by atoms with Gasteiger partial charge in [0, 0.05) is 41.1 Å². The van der Waals surface area contributed by atoms with Gasteiger partial charge >= 0.3 is 0 Å². The molecule has 0 fully saturated rings. The zero-order valence-electron chi connectivity index (χ0n) is 11.3. The van der Waals surface area contributed by atoms with Crippen LogP contribution in [-0.4, -0.2) is 16.5 Å². The van der Waals surface area contributed by atoms with Crippen molar-refractivity contribution in [3.63, 3.8) is 0 Å². The van der Waals surface area contributed by atoms with E-state index in [2.05, 4.69) is 15.6 Å². The molecule has 2 rings (SSSR count). The largest absolute Gasteiger partial charge is 0.385 e. The summed E-state index contributed by atoms with van der Waals surface area (Å²) >= 11 is 1.61. The lowest BCUT2D eigenvalue weighted by Gasteiger charge is -2.08. The SMILES string of the molecule is CCNc1cc(NCc2cnc(C)s2)cc([N+](=O)[O-])c1. The molecule has 0 spiro atoms. The molecule has 6 nitrogen and oxygen atoms in total. The molecule has 0 saturated heterocycles. The summed E-state index contributed by atoms with van der Waals surface area (Å²) in [5, 5.41) is 18.2. The Morgan fingerprint density at radius 3 is 2.55 bits per heavy atom. The molecule has 7 heteroatoms. The number of non-ortho nitro benzene ring substituents is 1. The molecule has 0 bridgehead atoms. The Bertz CT molecular complexity index is 612. The van der Waals surface area contributed by atoms with Crippen LogP contribution in [0.15, 0.2) is 24.4 Å². The average molecular weight is 292 g/mol. The van der Waals surface area contributed by atoms with Crippen molar-refractivity contribution >= 4 is 28.4 Å². The van der Waals surface area contributed by atoms with E-state index >= 15 is 0 Å². The minimum absolute atomic E-state index is 0.0754. The quantitative estimate of drug-likeness (QED) is 0.630. The first-order valence-corrected chi connectivity index (χ1v) is 7.08. The van der Waals surface area contributed by atoms with E-state index in [0.29, 0.717) is 13.1 Å². The van der Waals surface area contributed by atoms with Gasteiger partial charge in [0.15, 0.2) is 0 Å². The normalized spacial score (nSPS) is 10.3. The number of hydrogen-bond donors (Lipinski definition) is 2. The predicted molar refractivity (Wildman–Crippen MR) is 81.4 cm³/mol. The zero-order valence-corrected chi connectivity index (χ0v) is 12.2. The van der Waals surface area contributed by atoms with E-state index in [4.69, 9.17) is 0 Å². The average Bonchev–Trinajstić information content (AvgIpc) is 2.82. The molecule has 20 heavy (non-hydrogen) atoms. The molecule has 0 amide bonds. The van der Waals surface area contributed by atoms with Crippen molar-refractivity contribution in [1.82, 2.24) is 4.98 Å². The molecule has 0 radical (unpaired) electrons. The first-order valence-electron chi connectivity index (χ1n) is 6.27. The highest BCUT2D eigenvalue weighted by molar-refractivity contribution is 7.11. The summed E-state index contributed by atoms with van der Waals surface area (Å²) in [6.45, 7) is 5.23. The van der Waals surface area contributed by atoms with Crippen LogP contribution in [0.25, 0.3) is 0 Å². The first-order chi connectivity index (χ1) is 9.58. The lowest BCUT2D eigenvalue weighted by molar-refractivity contribution is -0.384. The van der Waals surface area contributed by atoms with Crippen molar-refractivity contribution in [3.05, 3.63) is 44.4 Å². The number of rotatable bonds is 6. The standard InChI is InChI=1S/C13H16N4O2S/c1-3-14-10-4-11(6-12(5-10)17(18)19)16-8-13-7-15-9(2)20-13/h4-7,14,16H,3,8H2,1-2H3. The van der Waals surface area contributed by atoms with Crippen molar-refractivity contribution in [2.24, 2.45) is 0 Å². The van der Waals surface area contributed by atoms with Gasteiger partial charge in [0.2, 0.25) is 0 Å². The Kier molecular flexibility index (Phi) is 4.52. The van der Waals surface area contributed by atoms with Crippen molar-refractivity contribution < 1.29 is 4.92 Å². The van der Waals surface area contributed by atoms with E-state index in [1.165, 1.54) is 12.1 Å². The molecular weight excluding hydrogens is 276 g/mol. The summed E-state index contributed by atoms with van der Waals surface area (Å²) in [5.74, 6) is 0. The van der Waals surface area contributed by atoms with Gasteiger partial charge in [-0.05, 0) is 19.9 Å². The van der Waals surface area contributed by atoms with E-state index < -0.39 is 0 Å². The third kappa shape index (κ3) is 3.67. The number of nitro groups is 1. The molecule has 1 aromatic carbocycles. The third-order valence-electron chi connectivity index (χ3n) is 2.65. The number of hydrogen-bond acceptors (Lipinski definition) is 6. The Morgan fingerprint density at radius 1 is 1.30 bits per heavy atom. The van der Waals surface area contributed by atoms with Crippen LogP contribution in [0.4, 0.5) is 17.1 Å². The number of nitrogens with one attached hydrogen (secondary N) is 2. The molecule has 1 aromatic heterocycles. The highest BCUT2D eigenvalue weighted by Gasteiger charge is 2.09. The molecule has 0 aliphatic heterocycles. The molecular formula is C13H16N4O2S. The maximum atomic E-state index is 10.9. The molecule has 2 N–H and O–H groups in total. The second kappa shape index (κ2) is 6.33. The van der Waals surface area contributed by atoms with Crippen molar-refractivity contribution in [2.45, 2.75) is 20.4 Å². The zero-order chi connectivity index (χ0) is 14.5. The molecule has 2 aromatic rings. The van der Waals surface area contributed by atoms with Crippen molar-refractivity contribution in [1.29, 1.82) is 0 Å². The van der Waals surface area contributed by atoms with Gasteiger partial charge in [-0.1, -0.05) is 0 Å².